The fourth-order valence-corrected chi connectivity index (χ4v) is 3.13. The van der Waals surface area contributed by atoms with Gasteiger partial charge < -0.3 is 9.30 Å². The fourth-order valence-electron chi connectivity index (χ4n) is 2.04. The fraction of sp³-hybridized carbons (Fsp3) is 0.0833. The Morgan fingerprint density at radius 1 is 1.41 bits per heavy atom. The van der Waals surface area contributed by atoms with E-state index >= 15 is 0 Å². The van der Waals surface area contributed by atoms with Crippen LogP contribution in [-0.2, 0) is 11.3 Å². The highest BCUT2D eigenvalue weighted by Gasteiger charge is 2.22. The zero-order chi connectivity index (χ0) is 12.0. The van der Waals surface area contributed by atoms with E-state index in [1.54, 1.807) is 4.08 Å². The summed E-state index contributed by atoms with van der Waals surface area (Å²) in [7, 11) is 0. The predicted octanol–water partition coefficient (Wildman–Crippen LogP) is 3.69. The summed E-state index contributed by atoms with van der Waals surface area (Å²) in [6, 6.07) is 5.74. The molecular weight excluding hydrogens is 444 g/mol. The smallest absolute Gasteiger partial charge is 0.345 e. The SMILES string of the molecule is O=C1O/C(=C/I)Cn2cc(I)c3cccc1c32. The van der Waals surface area contributed by atoms with Gasteiger partial charge in [0, 0.05) is 19.2 Å². The molecule has 0 saturated carbocycles. The van der Waals surface area contributed by atoms with Gasteiger partial charge in [-0.15, -0.1) is 0 Å². The Labute approximate surface area is 125 Å². The van der Waals surface area contributed by atoms with Crippen LogP contribution >= 0.6 is 45.2 Å². The third-order valence-corrected chi connectivity index (χ3v) is 4.30. The molecule has 0 radical (unpaired) electrons. The molecule has 5 heteroatoms. The van der Waals surface area contributed by atoms with Crippen LogP contribution in [0.15, 0.2) is 34.2 Å². The molecule has 17 heavy (non-hydrogen) atoms. The van der Waals surface area contributed by atoms with Gasteiger partial charge in [0.2, 0.25) is 0 Å². The molecule has 86 valence electrons. The quantitative estimate of drug-likeness (QED) is 0.452. The molecule has 2 aromatic rings. The molecule has 0 amide bonds. The summed E-state index contributed by atoms with van der Waals surface area (Å²) < 4.78 is 10.4. The lowest BCUT2D eigenvalue weighted by atomic mass is 10.1. The van der Waals surface area contributed by atoms with Crippen LogP contribution in [-0.4, -0.2) is 10.5 Å². The van der Waals surface area contributed by atoms with Crippen LogP contribution in [0, 0.1) is 3.57 Å². The molecule has 0 bridgehead atoms. The van der Waals surface area contributed by atoms with Gasteiger partial charge in [0.1, 0.15) is 5.76 Å². The zero-order valence-corrected chi connectivity index (χ0v) is 12.9. The van der Waals surface area contributed by atoms with Crippen molar-refractivity contribution in [2.45, 2.75) is 6.54 Å². The first-order valence-corrected chi connectivity index (χ1v) is 7.32. The van der Waals surface area contributed by atoms with E-state index in [9.17, 15) is 4.79 Å². The first-order chi connectivity index (χ1) is 8.20. The monoisotopic (exact) mass is 451 g/mol. The molecule has 0 saturated heterocycles. The second-order valence-corrected chi connectivity index (χ2v) is 5.56. The van der Waals surface area contributed by atoms with Crippen LogP contribution in [0.5, 0.6) is 0 Å². The molecule has 1 aromatic carbocycles. The number of esters is 1. The Hall–Kier alpha value is -0.570. The molecule has 0 atom stereocenters. The minimum absolute atomic E-state index is 0.272. The average molecular weight is 451 g/mol. The molecule has 0 unspecified atom stereocenters. The van der Waals surface area contributed by atoms with Crippen LogP contribution in [0.25, 0.3) is 10.9 Å². The number of allylic oxidation sites excluding steroid dienone is 1. The Balaban J connectivity index is 2.39. The molecule has 3 rings (SSSR count). The molecule has 1 aliphatic rings. The molecule has 0 aliphatic carbocycles. The molecular formula is C12H7I2NO2. The molecule has 1 aromatic heterocycles. The van der Waals surface area contributed by atoms with Crippen molar-refractivity contribution in [3.63, 3.8) is 0 Å². The summed E-state index contributed by atoms with van der Waals surface area (Å²) in [5.41, 5.74) is 1.61. The summed E-state index contributed by atoms with van der Waals surface area (Å²) in [4.78, 5) is 12.0. The topological polar surface area (TPSA) is 31.2 Å². The lowest BCUT2D eigenvalue weighted by Crippen LogP contribution is -2.03. The highest BCUT2D eigenvalue weighted by molar-refractivity contribution is 14.1. The van der Waals surface area contributed by atoms with Crippen molar-refractivity contribution in [2.24, 2.45) is 0 Å². The summed E-state index contributed by atoms with van der Waals surface area (Å²) >= 11 is 4.38. The highest BCUT2D eigenvalue weighted by atomic mass is 127. The third-order valence-electron chi connectivity index (χ3n) is 2.74. The molecule has 0 spiro atoms. The van der Waals surface area contributed by atoms with E-state index in [0.717, 1.165) is 14.5 Å². The molecule has 2 heterocycles. The van der Waals surface area contributed by atoms with Crippen LogP contribution in [0.2, 0.25) is 0 Å². The average Bonchev–Trinajstić information content (AvgIpc) is 2.57. The number of carbonyl (C=O) groups is 1. The van der Waals surface area contributed by atoms with Crippen LogP contribution < -0.4 is 0 Å². The number of ether oxygens (including phenoxy) is 1. The van der Waals surface area contributed by atoms with Crippen molar-refractivity contribution in [2.75, 3.05) is 0 Å². The van der Waals surface area contributed by atoms with Gasteiger partial charge in [0.15, 0.2) is 0 Å². The predicted molar refractivity (Wildman–Crippen MR) is 82.2 cm³/mol. The number of aromatic nitrogens is 1. The van der Waals surface area contributed by atoms with Gasteiger partial charge in [-0.3, -0.25) is 0 Å². The number of para-hydroxylation sites is 1. The highest BCUT2D eigenvalue weighted by Crippen LogP contribution is 2.30. The lowest BCUT2D eigenvalue weighted by molar-refractivity contribution is 0.0621. The van der Waals surface area contributed by atoms with Crippen LogP contribution in [0.1, 0.15) is 10.4 Å². The second kappa shape index (κ2) is 4.27. The van der Waals surface area contributed by atoms with E-state index in [-0.39, 0.29) is 5.97 Å². The van der Waals surface area contributed by atoms with Gasteiger partial charge in [0.25, 0.3) is 0 Å². The molecule has 1 aliphatic heterocycles. The Morgan fingerprint density at radius 3 is 3.00 bits per heavy atom. The van der Waals surface area contributed by atoms with Crippen molar-refractivity contribution in [3.05, 3.63) is 43.4 Å². The summed E-state index contributed by atoms with van der Waals surface area (Å²) in [5, 5.41) is 1.11. The molecule has 3 nitrogen and oxygen atoms in total. The number of rotatable bonds is 0. The Bertz CT molecular complexity index is 658. The first kappa shape index (κ1) is 11.5. The largest absolute Gasteiger partial charge is 0.425 e. The minimum atomic E-state index is -0.272. The number of halogens is 2. The first-order valence-electron chi connectivity index (χ1n) is 4.99. The normalized spacial score (nSPS) is 17.3. The summed E-state index contributed by atoms with van der Waals surface area (Å²) in [5.74, 6) is 0.409. The van der Waals surface area contributed by atoms with Crippen LogP contribution in [0.4, 0.5) is 0 Å². The van der Waals surface area contributed by atoms with E-state index in [2.05, 4.69) is 55.9 Å². The van der Waals surface area contributed by atoms with Crippen molar-refractivity contribution >= 4 is 62.1 Å². The summed E-state index contributed by atoms with van der Waals surface area (Å²) in [6.45, 7) is 0.602. The van der Waals surface area contributed by atoms with Gasteiger partial charge in [0.05, 0.1) is 17.6 Å². The number of benzene rings is 1. The van der Waals surface area contributed by atoms with Gasteiger partial charge in [-0.25, -0.2) is 4.79 Å². The number of carbonyl (C=O) groups excluding carboxylic acids is 1. The third kappa shape index (κ3) is 1.79. The number of nitrogens with zero attached hydrogens (tertiary/aromatic N) is 1. The van der Waals surface area contributed by atoms with E-state index in [4.69, 9.17) is 4.74 Å². The Kier molecular flexibility index (Phi) is 2.89. The lowest BCUT2D eigenvalue weighted by Gasteiger charge is -2.03. The number of hydrogen-bond acceptors (Lipinski definition) is 2. The van der Waals surface area contributed by atoms with Crippen molar-refractivity contribution in [1.29, 1.82) is 0 Å². The van der Waals surface area contributed by atoms with Crippen LogP contribution in [0.3, 0.4) is 0 Å². The molecule has 0 N–H and O–H groups in total. The maximum atomic E-state index is 12.0. The second-order valence-electron chi connectivity index (χ2n) is 3.77. The maximum absolute atomic E-state index is 12.0. The maximum Gasteiger partial charge on any atom is 0.345 e. The van der Waals surface area contributed by atoms with Gasteiger partial charge in [-0.2, -0.15) is 0 Å². The van der Waals surface area contributed by atoms with Gasteiger partial charge in [-0.05, 0) is 51.2 Å². The van der Waals surface area contributed by atoms with E-state index < -0.39 is 0 Å². The van der Waals surface area contributed by atoms with E-state index in [0.29, 0.717) is 17.9 Å². The number of hydrogen-bond donors (Lipinski definition) is 0. The van der Waals surface area contributed by atoms with Gasteiger partial charge in [-0.1, -0.05) is 12.1 Å². The standard InChI is InChI=1S/C12H7I2NO2/c13-4-7-5-15-6-10(14)8-2-1-3-9(11(8)15)12(16)17-7/h1-4,6H,5H2/b7-4+. The van der Waals surface area contributed by atoms with E-state index in [1.165, 1.54) is 0 Å². The minimum Gasteiger partial charge on any atom is -0.425 e. The van der Waals surface area contributed by atoms with Crippen molar-refractivity contribution in [3.8, 4) is 0 Å². The molecule has 0 fully saturated rings. The van der Waals surface area contributed by atoms with Gasteiger partial charge >= 0.3 is 5.97 Å². The van der Waals surface area contributed by atoms with Crippen molar-refractivity contribution < 1.29 is 9.53 Å². The zero-order valence-electron chi connectivity index (χ0n) is 8.61. The van der Waals surface area contributed by atoms with Crippen molar-refractivity contribution in [1.82, 2.24) is 4.57 Å². The number of cyclic esters (lactones) is 1. The Morgan fingerprint density at radius 2 is 2.24 bits per heavy atom. The summed E-state index contributed by atoms with van der Waals surface area (Å²) in [6.07, 6.45) is 2.05. The van der Waals surface area contributed by atoms with E-state index in [1.807, 2.05) is 18.2 Å².